The highest BCUT2D eigenvalue weighted by Gasteiger charge is 2.85. The van der Waals surface area contributed by atoms with Gasteiger partial charge in [0.2, 0.25) is 5.67 Å². The van der Waals surface area contributed by atoms with Crippen molar-refractivity contribution < 1.29 is 28.4 Å². The number of hydrogen-bond acceptors (Lipinski definition) is 4. The molecule has 4 N–H and O–H groups in total. The van der Waals surface area contributed by atoms with Gasteiger partial charge >= 0.3 is 11.9 Å². The molecule has 136 valence electrons. The topological polar surface area (TPSA) is 118 Å². The van der Waals surface area contributed by atoms with E-state index in [0.717, 1.165) is 0 Å². The van der Waals surface area contributed by atoms with Crippen molar-refractivity contribution in [2.24, 2.45) is 17.6 Å². The molecule has 2 aliphatic rings. The first kappa shape index (κ1) is 18.6. The third kappa shape index (κ3) is 2.58. The molecule has 6 atom stereocenters. The summed E-state index contributed by atoms with van der Waals surface area (Å²) in [7, 11) is -1.76. The number of nitrogens with two attached hydrogens (primary N) is 1. The van der Waals surface area contributed by atoms with Crippen molar-refractivity contribution in [3.05, 3.63) is 33.8 Å². The zero-order valence-electron chi connectivity index (χ0n) is 12.6. The van der Waals surface area contributed by atoms with E-state index < -0.39 is 51.0 Å². The van der Waals surface area contributed by atoms with Crippen molar-refractivity contribution in [2.45, 2.75) is 28.6 Å². The highest BCUT2D eigenvalue weighted by atomic mass is 35.5. The Hall–Kier alpha value is -1.22. The second-order valence-electron chi connectivity index (χ2n) is 6.39. The van der Waals surface area contributed by atoms with Gasteiger partial charge in [0.05, 0.1) is 15.3 Å². The van der Waals surface area contributed by atoms with E-state index in [-0.39, 0.29) is 17.2 Å². The van der Waals surface area contributed by atoms with E-state index in [1.54, 1.807) is 6.07 Å². The molecule has 0 heterocycles. The van der Waals surface area contributed by atoms with Crippen molar-refractivity contribution in [2.75, 3.05) is 0 Å². The summed E-state index contributed by atoms with van der Waals surface area (Å²) in [5.41, 5.74) is 1.61. The second-order valence-corrected chi connectivity index (χ2v) is 8.83. The highest BCUT2D eigenvalue weighted by Crippen LogP contribution is 2.67. The largest absolute Gasteiger partial charge is 0.480 e. The van der Waals surface area contributed by atoms with Crippen LogP contribution in [0.4, 0.5) is 4.39 Å². The first-order valence-corrected chi connectivity index (χ1v) is 9.44. The summed E-state index contributed by atoms with van der Waals surface area (Å²) in [6, 6.07) is 4.62. The smallest absolute Gasteiger partial charge is 0.342 e. The monoisotopic (exact) mass is 409 g/mol. The number of benzene rings is 1. The van der Waals surface area contributed by atoms with Crippen LogP contribution in [0.5, 0.6) is 0 Å². The number of halogens is 3. The van der Waals surface area contributed by atoms with E-state index in [2.05, 4.69) is 0 Å². The summed E-state index contributed by atoms with van der Waals surface area (Å²) in [6.07, 6.45) is -0.163. The Morgan fingerprint density at radius 2 is 1.92 bits per heavy atom. The quantitative estimate of drug-likeness (QED) is 0.682. The number of hydrogen-bond donors (Lipinski definition) is 3. The van der Waals surface area contributed by atoms with E-state index in [9.17, 15) is 23.3 Å². The van der Waals surface area contributed by atoms with Crippen LogP contribution in [0.25, 0.3) is 0 Å². The Balaban J connectivity index is 1.85. The lowest BCUT2D eigenvalue weighted by atomic mass is 9.90. The summed E-state index contributed by atoms with van der Waals surface area (Å²) in [5, 5.41) is 18.0. The van der Waals surface area contributed by atoms with Gasteiger partial charge in [-0.05, 0) is 24.1 Å². The summed E-state index contributed by atoms with van der Waals surface area (Å²) in [4.78, 5) is 22.8. The van der Waals surface area contributed by atoms with Gasteiger partial charge in [0.15, 0.2) is 0 Å². The fourth-order valence-electron chi connectivity index (χ4n) is 3.82. The molecule has 1 aromatic rings. The maximum absolute atomic E-state index is 14.5. The van der Waals surface area contributed by atoms with Gasteiger partial charge in [-0.3, -0.25) is 9.00 Å². The predicted octanol–water partition coefficient (Wildman–Crippen LogP) is 1.84. The molecule has 0 spiro atoms. The van der Waals surface area contributed by atoms with Gasteiger partial charge < -0.3 is 15.9 Å². The van der Waals surface area contributed by atoms with Gasteiger partial charge in [-0.1, -0.05) is 29.3 Å². The zero-order valence-corrected chi connectivity index (χ0v) is 14.9. The molecular formula is C15H14Cl2FNO5S. The first-order chi connectivity index (χ1) is 11.5. The van der Waals surface area contributed by atoms with Gasteiger partial charge in [-0.2, -0.15) is 0 Å². The maximum atomic E-state index is 14.5. The molecule has 6 nitrogen and oxygen atoms in total. The van der Waals surface area contributed by atoms with Crippen molar-refractivity contribution in [1.29, 1.82) is 0 Å². The molecule has 0 saturated heterocycles. The van der Waals surface area contributed by atoms with Crippen LogP contribution in [-0.2, 0) is 26.1 Å². The molecule has 0 aromatic heterocycles. The molecule has 2 aliphatic carbocycles. The number of carboxylic acids is 2. The molecule has 2 saturated carbocycles. The third-order valence-corrected chi connectivity index (χ3v) is 7.68. The second kappa shape index (κ2) is 5.90. The Labute approximate surface area is 154 Å². The van der Waals surface area contributed by atoms with Crippen molar-refractivity contribution in [3.8, 4) is 0 Å². The van der Waals surface area contributed by atoms with Gasteiger partial charge in [0.1, 0.15) is 5.54 Å². The average molecular weight is 410 g/mol. The lowest BCUT2D eigenvalue weighted by molar-refractivity contribution is -0.149. The Kier molecular flexibility index (Phi) is 4.39. The summed E-state index contributed by atoms with van der Waals surface area (Å²) >= 11 is 11.7. The lowest BCUT2D eigenvalue weighted by Crippen LogP contribution is -2.61. The van der Waals surface area contributed by atoms with Gasteiger partial charge in [-0.25, -0.2) is 9.18 Å². The molecule has 3 rings (SSSR count). The van der Waals surface area contributed by atoms with Crippen LogP contribution in [0.3, 0.4) is 0 Å². The van der Waals surface area contributed by atoms with Crippen LogP contribution in [0.2, 0.25) is 10.0 Å². The first-order valence-electron chi connectivity index (χ1n) is 7.30. The van der Waals surface area contributed by atoms with Crippen LogP contribution >= 0.6 is 23.2 Å². The molecule has 25 heavy (non-hydrogen) atoms. The molecule has 10 heteroatoms. The average Bonchev–Trinajstić information content (AvgIpc) is 2.98. The van der Waals surface area contributed by atoms with Gasteiger partial charge in [-0.15, -0.1) is 0 Å². The predicted molar refractivity (Wildman–Crippen MR) is 89.7 cm³/mol. The molecule has 0 bridgehead atoms. The van der Waals surface area contributed by atoms with E-state index in [4.69, 9.17) is 34.0 Å². The molecule has 0 amide bonds. The van der Waals surface area contributed by atoms with E-state index >= 15 is 0 Å². The lowest BCUT2D eigenvalue weighted by Gasteiger charge is -2.31. The van der Waals surface area contributed by atoms with E-state index in [1.165, 1.54) is 12.1 Å². The normalized spacial score (nSPS) is 37.4. The number of alkyl halides is 1. The minimum atomic E-state index is -2.67. The van der Waals surface area contributed by atoms with Crippen LogP contribution in [0.15, 0.2) is 18.2 Å². The molecule has 2 fully saturated rings. The fourth-order valence-corrected chi connectivity index (χ4v) is 5.95. The number of carbonyl (C=O) groups is 2. The van der Waals surface area contributed by atoms with Crippen LogP contribution in [0, 0.1) is 11.8 Å². The number of aliphatic carboxylic acids is 2. The highest BCUT2D eigenvalue weighted by molar-refractivity contribution is 7.85. The zero-order chi connectivity index (χ0) is 18.7. The summed E-state index contributed by atoms with van der Waals surface area (Å²) in [5.74, 6) is -5.76. The van der Waals surface area contributed by atoms with Crippen molar-refractivity contribution >= 4 is 45.9 Å². The van der Waals surface area contributed by atoms with Crippen LogP contribution in [-0.4, -0.2) is 42.8 Å². The van der Waals surface area contributed by atoms with Crippen LogP contribution in [0.1, 0.15) is 12.0 Å². The van der Waals surface area contributed by atoms with E-state index in [1.807, 2.05) is 0 Å². The molecular weight excluding hydrogens is 396 g/mol. The third-order valence-electron chi connectivity index (χ3n) is 5.11. The minimum absolute atomic E-state index is 0.0421. The number of fused-ring (bicyclic) bond motifs is 1. The molecule has 1 unspecified atom stereocenters. The number of carboxylic acid groups (broad SMARTS) is 2. The summed E-state index contributed by atoms with van der Waals surface area (Å²) in [6.45, 7) is 0. The van der Waals surface area contributed by atoms with Crippen molar-refractivity contribution in [1.82, 2.24) is 0 Å². The standard InChI is InChI=1S/C15H14Cl2FNO5S/c16-8-2-1-6(3-9(8)17)5-25(24)10-4-7-11(14(7,18)12(20)21)15(10,19)13(22)23/h1-3,7,10-11H,4-5,19H2,(H,20,21)(H,22,23)/t7-,10+,11+,14-,15+,25?/m1/s1. The van der Waals surface area contributed by atoms with E-state index in [0.29, 0.717) is 10.6 Å². The maximum Gasteiger partial charge on any atom is 0.342 e. The Morgan fingerprint density at radius 1 is 1.28 bits per heavy atom. The van der Waals surface area contributed by atoms with Crippen molar-refractivity contribution in [3.63, 3.8) is 0 Å². The van der Waals surface area contributed by atoms with Gasteiger partial charge in [0, 0.05) is 28.4 Å². The molecule has 0 aliphatic heterocycles. The molecule has 0 radical (unpaired) electrons. The fraction of sp³-hybridized carbons (Fsp3) is 0.467. The SMILES string of the molecule is N[C@@]1(C(=O)O)[C@@H](S(=O)Cc2ccc(Cl)c(Cl)c2)C[C@@H]2[C@H]1[C@@]2(F)C(=O)O. The summed E-state index contributed by atoms with van der Waals surface area (Å²) < 4.78 is 27.2. The minimum Gasteiger partial charge on any atom is -0.480 e. The van der Waals surface area contributed by atoms with Crippen LogP contribution < -0.4 is 5.73 Å². The molecule has 1 aromatic carbocycles. The van der Waals surface area contributed by atoms with Gasteiger partial charge in [0.25, 0.3) is 0 Å². The number of rotatable bonds is 5. The Morgan fingerprint density at radius 3 is 2.44 bits per heavy atom. The Bertz CT molecular complexity index is 808.